The summed E-state index contributed by atoms with van der Waals surface area (Å²) in [5.41, 5.74) is 1.12. The first kappa shape index (κ1) is 16.1. The van der Waals surface area contributed by atoms with Crippen molar-refractivity contribution < 1.29 is 9.53 Å². The summed E-state index contributed by atoms with van der Waals surface area (Å²) >= 11 is 0. The van der Waals surface area contributed by atoms with Crippen LogP contribution in [0.15, 0.2) is 36.5 Å². The van der Waals surface area contributed by atoms with E-state index in [1.165, 1.54) is 7.11 Å². The maximum Gasteiger partial charge on any atom is 0.305 e. The zero-order chi connectivity index (χ0) is 12.1. The van der Waals surface area contributed by atoms with Crippen molar-refractivity contribution in [3.05, 3.63) is 36.5 Å². The van der Waals surface area contributed by atoms with Crippen molar-refractivity contribution in [2.75, 3.05) is 7.11 Å². The van der Waals surface area contributed by atoms with Crippen molar-refractivity contribution in [2.45, 2.75) is 33.6 Å². The predicted octanol–water partition coefficient (Wildman–Crippen LogP) is 3.65. The molecule has 0 aromatic rings. The Morgan fingerprint density at radius 1 is 1.33 bits per heavy atom. The van der Waals surface area contributed by atoms with E-state index in [-0.39, 0.29) is 5.97 Å². The summed E-state index contributed by atoms with van der Waals surface area (Å²) in [6, 6.07) is 0. The van der Waals surface area contributed by atoms with E-state index in [1.807, 2.05) is 39.0 Å². The summed E-state index contributed by atoms with van der Waals surface area (Å²) in [7, 11) is 1.40. The van der Waals surface area contributed by atoms with Gasteiger partial charge in [-0.3, -0.25) is 4.79 Å². The van der Waals surface area contributed by atoms with Gasteiger partial charge in [-0.25, -0.2) is 0 Å². The zero-order valence-corrected chi connectivity index (χ0v) is 10.2. The molecule has 0 aromatic heterocycles. The summed E-state index contributed by atoms with van der Waals surface area (Å²) < 4.78 is 4.54. The average Bonchev–Trinajstić information content (AvgIpc) is 2.31. The Kier molecular flexibility index (Phi) is 13.6. The monoisotopic (exact) mass is 210 g/mol. The molecule has 86 valence electrons. The number of allylic oxidation sites excluding steroid dienone is 5. The molecule has 0 saturated carbocycles. The van der Waals surface area contributed by atoms with Gasteiger partial charge in [0.2, 0.25) is 0 Å². The van der Waals surface area contributed by atoms with Crippen LogP contribution in [0.1, 0.15) is 33.6 Å². The molecule has 0 atom stereocenters. The number of hydrogen-bond acceptors (Lipinski definition) is 2. The molecule has 2 nitrogen and oxygen atoms in total. The highest BCUT2D eigenvalue weighted by Gasteiger charge is 2.00. The van der Waals surface area contributed by atoms with E-state index in [4.69, 9.17) is 0 Å². The highest BCUT2D eigenvalue weighted by Crippen LogP contribution is 2.07. The Labute approximate surface area is 93.3 Å². The number of rotatable bonds is 5. The van der Waals surface area contributed by atoms with Crippen molar-refractivity contribution >= 4 is 5.97 Å². The molecule has 0 bridgehead atoms. The van der Waals surface area contributed by atoms with Gasteiger partial charge in [-0.1, -0.05) is 50.3 Å². The molecule has 0 amide bonds. The minimum Gasteiger partial charge on any atom is -0.469 e. The van der Waals surface area contributed by atoms with Gasteiger partial charge < -0.3 is 4.74 Å². The fourth-order valence-corrected chi connectivity index (χ4v) is 0.864. The summed E-state index contributed by atoms with van der Waals surface area (Å²) in [5.74, 6) is -0.175. The van der Waals surface area contributed by atoms with Crippen molar-refractivity contribution in [3.63, 3.8) is 0 Å². The van der Waals surface area contributed by atoms with E-state index >= 15 is 0 Å². The van der Waals surface area contributed by atoms with Crippen molar-refractivity contribution in [1.82, 2.24) is 0 Å². The molecule has 0 spiro atoms. The lowest BCUT2D eigenvalue weighted by atomic mass is 10.1. The van der Waals surface area contributed by atoms with Crippen LogP contribution in [0.4, 0.5) is 0 Å². The lowest BCUT2D eigenvalue weighted by Crippen LogP contribution is -1.99. The molecule has 0 aromatic carbocycles. The summed E-state index contributed by atoms with van der Waals surface area (Å²) in [4.78, 5) is 10.8. The Hall–Kier alpha value is -1.31. The van der Waals surface area contributed by atoms with E-state index in [1.54, 1.807) is 6.08 Å². The zero-order valence-electron chi connectivity index (χ0n) is 10.2. The molecule has 0 unspecified atom stereocenters. The molecule has 0 N–H and O–H groups in total. The fraction of sp³-hybridized carbons (Fsp3) is 0.462. The standard InChI is InChI=1S/C11H16O2.C2H6/c1-4-6-7-10(5-2)8-9-11(12)13-3;1-2/h4-7H,1,8-9H2,2-3H3;1-2H3/b7-6-,10-5+;. The van der Waals surface area contributed by atoms with Crippen LogP contribution in [0.25, 0.3) is 0 Å². The lowest BCUT2D eigenvalue weighted by Gasteiger charge is -1.99. The van der Waals surface area contributed by atoms with Gasteiger partial charge in [-0.05, 0) is 13.3 Å². The summed E-state index contributed by atoms with van der Waals surface area (Å²) in [6.07, 6.45) is 8.62. The van der Waals surface area contributed by atoms with E-state index in [0.29, 0.717) is 12.8 Å². The predicted molar refractivity (Wildman–Crippen MR) is 65.7 cm³/mol. The number of carbonyl (C=O) groups excluding carboxylic acids is 1. The molecule has 0 radical (unpaired) electrons. The highest BCUT2D eigenvalue weighted by molar-refractivity contribution is 5.69. The second kappa shape index (κ2) is 12.7. The third kappa shape index (κ3) is 10.6. The Balaban J connectivity index is 0. The first-order chi connectivity index (χ1) is 7.24. The first-order valence-corrected chi connectivity index (χ1v) is 5.25. The number of methoxy groups -OCH3 is 1. The first-order valence-electron chi connectivity index (χ1n) is 5.25. The number of carbonyl (C=O) groups is 1. The van der Waals surface area contributed by atoms with Gasteiger partial charge in [0.1, 0.15) is 0 Å². The van der Waals surface area contributed by atoms with Crippen LogP contribution in [-0.2, 0) is 9.53 Å². The molecule has 0 saturated heterocycles. The molecule has 0 heterocycles. The van der Waals surface area contributed by atoms with Gasteiger partial charge >= 0.3 is 5.97 Å². The van der Waals surface area contributed by atoms with Crippen LogP contribution in [0.3, 0.4) is 0 Å². The molecular formula is C13H22O2. The minimum absolute atomic E-state index is 0.175. The van der Waals surface area contributed by atoms with Gasteiger partial charge in [0.15, 0.2) is 0 Å². The Morgan fingerprint density at radius 3 is 2.33 bits per heavy atom. The third-order valence-electron chi connectivity index (χ3n) is 1.66. The SMILES string of the molecule is C=C/C=C\C(=C/C)CCC(=O)OC.CC. The number of hydrogen-bond donors (Lipinski definition) is 0. The van der Waals surface area contributed by atoms with Crippen LogP contribution in [0, 0.1) is 0 Å². The van der Waals surface area contributed by atoms with Crippen molar-refractivity contribution in [1.29, 1.82) is 0 Å². The van der Waals surface area contributed by atoms with Crippen LogP contribution >= 0.6 is 0 Å². The smallest absolute Gasteiger partial charge is 0.305 e. The van der Waals surface area contributed by atoms with Gasteiger partial charge in [0.05, 0.1) is 7.11 Å². The minimum atomic E-state index is -0.175. The molecule has 0 rings (SSSR count). The van der Waals surface area contributed by atoms with E-state index in [9.17, 15) is 4.79 Å². The van der Waals surface area contributed by atoms with Gasteiger partial charge in [0.25, 0.3) is 0 Å². The average molecular weight is 210 g/mol. The van der Waals surface area contributed by atoms with Crippen molar-refractivity contribution in [2.24, 2.45) is 0 Å². The number of esters is 1. The topological polar surface area (TPSA) is 26.3 Å². The van der Waals surface area contributed by atoms with Crippen LogP contribution < -0.4 is 0 Å². The quantitative estimate of drug-likeness (QED) is 0.511. The van der Waals surface area contributed by atoms with Crippen LogP contribution in [0.5, 0.6) is 0 Å². The van der Waals surface area contributed by atoms with Gasteiger partial charge in [0, 0.05) is 6.42 Å². The largest absolute Gasteiger partial charge is 0.469 e. The second-order valence-corrected chi connectivity index (χ2v) is 2.53. The summed E-state index contributed by atoms with van der Waals surface area (Å²) in [5, 5.41) is 0. The van der Waals surface area contributed by atoms with E-state index in [2.05, 4.69) is 11.3 Å². The van der Waals surface area contributed by atoms with Gasteiger partial charge in [-0.2, -0.15) is 0 Å². The molecule has 0 aliphatic carbocycles. The van der Waals surface area contributed by atoms with Crippen molar-refractivity contribution in [3.8, 4) is 0 Å². The molecule has 0 fully saturated rings. The molecule has 0 aliphatic heterocycles. The van der Waals surface area contributed by atoms with E-state index < -0.39 is 0 Å². The molecule has 0 aliphatic rings. The second-order valence-electron chi connectivity index (χ2n) is 2.53. The normalized spacial score (nSPS) is 10.5. The fourth-order valence-electron chi connectivity index (χ4n) is 0.864. The summed E-state index contributed by atoms with van der Waals surface area (Å²) in [6.45, 7) is 9.52. The molecule has 15 heavy (non-hydrogen) atoms. The van der Waals surface area contributed by atoms with Gasteiger partial charge in [-0.15, -0.1) is 0 Å². The highest BCUT2D eigenvalue weighted by atomic mass is 16.5. The van der Waals surface area contributed by atoms with Crippen LogP contribution in [0.2, 0.25) is 0 Å². The maximum atomic E-state index is 10.8. The van der Waals surface area contributed by atoms with E-state index in [0.717, 1.165) is 5.57 Å². The maximum absolute atomic E-state index is 10.8. The number of ether oxygens (including phenoxy) is 1. The third-order valence-corrected chi connectivity index (χ3v) is 1.66. The Morgan fingerprint density at radius 2 is 1.93 bits per heavy atom. The van der Waals surface area contributed by atoms with Crippen LogP contribution in [-0.4, -0.2) is 13.1 Å². The molecular weight excluding hydrogens is 188 g/mol. The lowest BCUT2D eigenvalue weighted by molar-refractivity contribution is -0.140. The molecule has 2 heteroatoms. The Bertz CT molecular complexity index is 225.